The predicted octanol–water partition coefficient (Wildman–Crippen LogP) is 3.83. The Kier molecular flexibility index (Phi) is 5.17. The highest BCUT2D eigenvalue weighted by Gasteiger charge is 2.51. The maximum absolute atomic E-state index is 12.5. The van der Waals surface area contributed by atoms with Crippen LogP contribution in [0.4, 0.5) is 4.79 Å². The van der Waals surface area contributed by atoms with Crippen LogP contribution in [0.15, 0.2) is 18.2 Å². The molecule has 0 unspecified atom stereocenters. The number of fused-ring (bicyclic) bond motifs is 1. The van der Waals surface area contributed by atoms with Crippen molar-refractivity contribution >= 4 is 29.7 Å². The second-order valence-corrected chi connectivity index (χ2v) is 10.7. The summed E-state index contributed by atoms with van der Waals surface area (Å²) in [5.74, 6) is 0.942. The van der Waals surface area contributed by atoms with E-state index in [0.29, 0.717) is 13.1 Å². The summed E-state index contributed by atoms with van der Waals surface area (Å²) < 4.78 is 20.3. The maximum Gasteiger partial charge on any atom is 0.494 e. The van der Waals surface area contributed by atoms with Crippen LogP contribution in [0.5, 0.6) is 0 Å². The molecule has 7 nitrogen and oxygen atoms in total. The second kappa shape index (κ2) is 7.24. The van der Waals surface area contributed by atoms with Crippen molar-refractivity contribution < 1.29 is 18.8 Å². The van der Waals surface area contributed by atoms with Gasteiger partial charge < -0.3 is 23.5 Å². The molecule has 2 saturated heterocycles. The van der Waals surface area contributed by atoms with Crippen LogP contribution in [-0.2, 0) is 14.0 Å². The van der Waals surface area contributed by atoms with Crippen molar-refractivity contribution in [2.24, 2.45) is 0 Å². The highest BCUT2D eigenvalue weighted by molar-refractivity contribution is 6.62. The van der Waals surface area contributed by atoms with Crippen molar-refractivity contribution in [1.82, 2.24) is 14.5 Å². The molecule has 0 radical (unpaired) electrons. The first-order chi connectivity index (χ1) is 14.3. The van der Waals surface area contributed by atoms with Gasteiger partial charge in [0.1, 0.15) is 11.4 Å². The third-order valence-corrected chi connectivity index (χ3v) is 6.60. The molecule has 168 valence electrons. The van der Waals surface area contributed by atoms with Crippen LogP contribution in [0.2, 0.25) is 0 Å². The number of hydrogen-bond acceptors (Lipinski definition) is 5. The minimum absolute atomic E-state index is 0.158. The number of rotatable bonds is 2. The fourth-order valence-electron chi connectivity index (χ4n) is 4.26. The molecule has 0 N–H and O–H groups in total. The quantitative estimate of drug-likeness (QED) is 0.682. The standard InChI is InChI=1S/C23H34BN3O4/c1-15-25-18-10-9-16(24-30-22(5,6)23(7,8)31-24)13-19(18)27(15)17-11-12-26(14-17)20(28)29-21(2,3)4/h9-10,13,17H,11-12,14H2,1-8H3/t17-/m1/s1. The van der Waals surface area contributed by atoms with Crippen LogP contribution in [0.1, 0.15) is 66.8 Å². The summed E-state index contributed by atoms with van der Waals surface area (Å²) in [6, 6.07) is 6.34. The topological polar surface area (TPSA) is 65.8 Å². The normalized spacial score (nSPS) is 23.0. The van der Waals surface area contributed by atoms with Gasteiger partial charge in [0.15, 0.2) is 0 Å². The molecular formula is C23H34BN3O4. The number of ether oxygens (including phenoxy) is 1. The largest absolute Gasteiger partial charge is 0.494 e. The second-order valence-electron chi connectivity index (χ2n) is 10.7. The zero-order valence-electron chi connectivity index (χ0n) is 20.0. The molecule has 3 heterocycles. The van der Waals surface area contributed by atoms with E-state index in [9.17, 15) is 4.79 Å². The summed E-state index contributed by atoms with van der Waals surface area (Å²) in [5, 5.41) is 0. The molecular weight excluding hydrogens is 393 g/mol. The summed E-state index contributed by atoms with van der Waals surface area (Å²) in [6.45, 7) is 17.2. The van der Waals surface area contributed by atoms with E-state index in [1.54, 1.807) is 4.90 Å². The number of carbonyl (C=O) groups is 1. The smallest absolute Gasteiger partial charge is 0.444 e. The highest BCUT2D eigenvalue weighted by atomic mass is 16.7. The Bertz CT molecular complexity index is 992. The summed E-state index contributed by atoms with van der Waals surface area (Å²) in [4.78, 5) is 19.1. The maximum atomic E-state index is 12.5. The van der Waals surface area contributed by atoms with Gasteiger partial charge in [0.05, 0.1) is 28.3 Å². The lowest BCUT2D eigenvalue weighted by Crippen LogP contribution is -2.41. The first kappa shape index (κ1) is 22.2. The Morgan fingerprint density at radius 1 is 1.19 bits per heavy atom. The Balaban J connectivity index is 1.60. The first-order valence-corrected chi connectivity index (χ1v) is 11.1. The molecule has 2 fully saturated rings. The Morgan fingerprint density at radius 2 is 1.84 bits per heavy atom. The lowest BCUT2D eigenvalue weighted by molar-refractivity contribution is 0.00578. The minimum atomic E-state index is -0.496. The molecule has 0 spiro atoms. The molecule has 1 aromatic heterocycles. The molecule has 1 amide bonds. The summed E-state index contributed by atoms with van der Waals surface area (Å²) in [5.41, 5.74) is 1.69. The van der Waals surface area contributed by atoms with Crippen molar-refractivity contribution in [3.63, 3.8) is 0 Å². The van der Waals surface area contributed by atoms with Crippen molar-refractivity contribution in [1.29, 1.82) is 0 Å². The van der Waals surface area contributed by atoms with Crippen LogP contribution < -0.4 is 5.46 Å². The fourth-order valence-corrected chi connectivity index (χ4v) is 4.26. The van der Waals surface area contributed by atoms with Gasteiger partial charge in [-0.1, -0.05) is 6.07 Å². The van der Waals surface area contributed by atoms with E-state index in [2.05, 4.69) is 38.3 Å². The van der Waals surface area contributed by atoms with Gasteiger partial charge in [-0.05, 0) is 79.4 Å². The molecule has 2 aliphatic heterocycles. The number of nitrogens with zero attached hydrogens (tertiary/aromatic N) is 3. The van der Waals surface area contributed by atoms with Crippen LogP contribution >= 0.6 is 0 Å². The molecule has 2 aliphatic rings. The number of likely N-dealkylation sites (tertiary alicyclic amines) is 1. The molecule has 1 aromatic carbocycles. The van der Waals surface area contributed by atoms with Crippen LogP contribution in [0.25, 0.3) is 11.0 Å². The van der Waals surface area contributed by atoms with Crippen LogP contribution in [0, 0.1) is 6.92 Å². The van der Waals surface area contributed by atoms with Crippen molar-refractivity contribution in [3.8, 4) is 0 Å². The lowest BCUT2D eigenvalue weighted by Gasteiger charge is -2.32. The number of amides is 1. The molecule has 31 heavy (non-hydrogen) atoms. The predicted molar refractivity (Wildman–Crippen MR) is 122 cm³/mol. The number of carbonyl (C=O) groups excluding carboxylic acids is 1. The van der Waals surface area contributed by atoms with E-state index in [-0.39, 0.29) is 23.3 Å². The summed E-state index contributed by atoms with van der Waals surface area (Å²) in [7, 11) is -0.417. The molecule has 0 bridgehead atoms. The molecule has 2 aromatic rings. The average molecular weight is 427 g/mol. The summed E-state index contributed by atoms with van der Waals surface area (Å²) >= 11 is 0. The monoisotopic (exact) mass is 427 g/mol. The fraction of sp³-hybridized carbons (Fsp3) is 0.652. The van der Waals surface area contributed by atoms with Crippen molar-refractivity contribution in [2.45, 2.75) is 84.7 Å². The van der Waals surface area contributed by atoms with Gasteiger partial charge >= 0.3 is 13.2 Å². The molecule has 8 heteroatoms. The number of hydrogen-bond donors (Lipinski definition) is 0. The van der Waals surface area contributed by atoms with E-state index in [4.69, 9.17) is 19.0 Å². The zero-order chi connectivity index (χ0) is 22.8. The van der Waals surface area contributed by atoms with E-state index in [1.165, 1.54) is 0 Å². The number of benzene rings is 1. The third kappa shape index (κ3) is 4.07. The van der Waals surface area contributed by atoms with Crippen molar-refractivity contribution in [3.05, 3.63) is 24.0 Å². The SMILES string of the molecule is Cc1nc2ccc(B3OC(C)(C)C(C)(C)O3)cc2n1[C@@H]1CCN(C(=O)OC(C)(C)C)C1. The molecule has 4 rings (SSSR count). The van der Waals surface area contributed by atoms with E-state index >= 15 is 0 Å². The van der Waals surface area contributed by atoms with Crippen LogP contribution in [-0.4, -0.2) is 57.6 Å². The van der Waals surface area contributed by atoms with Crippen LogP contribution in [0.3, 0.4) is 0 Å². The Hall–Kier alpha value is -2.06. The third-order valence-electron chi connectivity index (χ3n) is 6.60. The van der Waals surface area contributed by atoms with E-state index in [0.717, 1.165) is 28.7 Å². The Morgan fingerprint density at radius 3 is 2.45 bits per heavy atom. The van der Waals surface area contributed by atoms with E-state index in [1.807, 2.05) is 39.8 Å². The first-order valence-electron chi connectivity index (χ1n) is 11.1. The highest BCUT2D eigenvalue weighted by Crippen LogP contribution is 2.37. The van der Waals surface area contributed by atoms with Gasteiger partial charge in [-0.2, -0.15) is 0 Å². The lowest BCUT2D eigenvalue weighted by atomic mass is 9.79. The van der Waals surface area contributed by atoms with Gasteiger partial charge in [-0.15, -0.1) is 0 Å². The van der Waals surface area contributed by atoms with Gasteiger partial charge in [-0.25, -0.2) is 9.78 Å². The number of imidazole rings is 1. The zero-order valence-corrected chi connectivity index (χ0v) is 20.0. The van der Waals surface area contributed by atoms with E-state index < -0.39 is 12.7 Å². The molecule has 0 aliphatic carbocycles. The molecule has 1 atom stereocenters. The minimum Gasteiger partial charge on any atom is -0.444 e. The van der Waals surface area contributed by atoms with Gasteiger partial charge in [0, 0.05) is 13.1 Å². The van der Waals surface area contributed by atoms with Gasteiger partial charge in [0.25, 0.3) is 0 Å². The summed E-state index contributed by atoms with van der Waals surface area (Å²) in [6.07, 6.45) is 0.613. The number of aromatic nitrogens is 2. The average Bonchev–Trinajstić information content (AvgIpc) is 3.27. The molecule has 0 saturated carbocycles. The number of aryl methyl sites for hydroxylation is 1. The van der Waals surface area contributed by atoms with Crippen molar-refractivity contribution in [2.75, 3.05) is 13.1 Å². The van der Waals surface area contributed by atoms with Gasteiger partial charge in [-0.3, -0.25) is 0 Å². The van der Waals surface area contributed by atoms with Gasteiger partial charge in [0.2, 0.25) is 0 Å². The Labute approximate surface area is 185 Å².